The maximum atomic E-state index is 12.7. The van der Waals surface area contributed by atoms with E-state index in [2.05, 4.69) is 9.88 Å². The van der Waals surface area contributed by atoms with E-state index in [0.717, 1.165) is 45.1 Å². The van der Waals surface area contributed by atoms with Crippen LogP contribution in [0.15, 0.2) is 17.2 Å². The van der Waals surface area contributed by atoms with Gasteiger partial charge in [0.1, 0.15) is 0 Å². The van der Waals surface area contributed by atoms with Crippen molar-refractivity contribution in [3.05, 3.63) is 28.4 Å². The van der Waals surface area contributed by atoms with Gasteiger partial charge in [-0.2, -0.15) is 13.2 Å². The molecular formula is C20H29F3N4O3. The van der Waals surface area contributed by atoms with E-state index in [1.54, 1.807) is 4.90 Å². The third-order valence-corrected chi connectivity index (χ3v) is 6.10. The highest BCUT2D eigenvalue weighted by Crippen LogP contribution is 2.27. The number of likely N-dealkylation sites (tertiary alicyclic amines) is 2. The second kappa shape index (κ2) is 9.05. The molecule has 168 valence electrons. The average molecular weight is 430 g/mol. The average Bonchev–Trinajstić information content (AvgIpc) is 2.86. The zero-order valence-corrected chi connectivity index (χ0v) is 17.2. The lowest BCUT2D eigenvalue weighted by molar-refractivity contribution is -0.141. The van der Waals surface area contributed by atoms with Crippen molar-refractivity contribution in [3.8, 4) is 0 Å². The summed E-state index contributed by atoms with van der Waals surface area (Å²) in [6.07, 6.45) is 0.325. The maximum absolute atomic E-state index is 12.7. The minimum atomic E-state index is -4.63. The van der Waals surface area contributed by atoms with Gasteiger partial charge < -0.3 is 14.9 Å². The zero-order chi connectivity index (χ0) is 21.9. The Hall–Kier alpha value is -1.94. The van der Waals surface area contributed by atoms with Crippen LogP contribution in [0.4, 0.5) is 13.2 Å². The molecule has 2 aliphatic rings. The summed E-state index contributed by atoms with van der Waals surface area (Å²) in [5.74, 6) is 0.139. The van der Waals surface area contributed by atoms with Gasteiger partial charge in [-0.25, -0.2) is 4.98 Å². The van der Waals surface area contributed by atoms with Gasteiger partial charge in [0, 0.05) is 32.6 Å². The van der Waals surface area contributed by atoms with Crippen LogP contribution in [-0.2, 0) is 17.5 Å². The van der Waals surface area contributed by atoms with E-state index in [4.69, 9.17) is 0 Å². The highest BCUT2D eigenvalue weighted by Gasteiger charge is 2.36. The summed E-state index contributed by atoms with van der Waals surface area (Å²) in [7, 11) is 0. The van der Waals surface area contributed by atoms with Crippen LogP contribution in [0.2, 0.25) is 0 Å². The number of nitrogens with zero attached hydrogens (tertiary/aromatic N) is 4. The van der Waals surface area contributed by atoms with Crippen molar-refractivity contribution < 1.29 is 23.1 Å². The number of alkyl halides is 3. The number of β-amino-alcohol motifs (C(OH)–C–C–N with tert-alkyl or cyclic N) is 1. The standard InChI is InChI=1S/C20H29F3N4O3/c1-15(28)26-7-3-2-6-19(30,13-26)12-25-8-4-16(5-9-25)11-27-14-24-17(10-18(27)29)20(21,22)23/h10,14,16,30H,2-9,11-13H2,1H3. The van der Waals surface area contributed by atoms with E-state index < -0.39 is 23.0 Å². The van der Waals surface area contributed by atoms with Gasteiger partial charge in [0.05, 0.1) is 18.5 Å². The van der Waals surface area contributed by atoms with Crippen LogP contribution < -0.4 is 5.56 Å². The van der Waals surface area contributed by atoms with E-state index in [0.29, 0.717) is 38.7 Å². The predicted octanol–water partition coefficient (Wildman–Crippen LogP) is 1.74. The van der Waals surface area contributed by atoms with Gasteiger partial charge in [-0.3, -0.25) is 14.2 Å². The number of rotatable bonds is 4. The summed E-state index contributed by atoms with van der Waals surface area (Å²) < 4.78 is 39.2. The minimum absolute atomic E-state index is 0.0235. The van der Waals surface area contributed by atoms with E-state index in [9.17, 15) is 27.9 Å². The quantitative estimate of drug-likeness (QED) is 0.787. The van der Waals surface area contributed by atoms with Crippen molar-refractivity contribution in [2.45, 2.75) is 57.3 Å². The molecule has 10 heteroatoms. The number of aromatic nitrogens is 2. The first-order valence-corrected chi connectivity index (χ1v) is 10.4. The largest absolute Gasteiger partial charge is 0.433 e. The number of carbonyl (C=O) groups is 1. The molecule has 1 unspecified atom stereocenters. The molecule has 1 amide bonds. The van der Waals surface area contributed by atoms with Crippen molar-refractivity contribution in [2.75, 3.05) is 32.7 Å². The number of aliphatic hydroxyl groups is 1. The molecule has 3 heterocycles. The highest BCUT2D eigenvalue weighted by molar-refractivity contribution is 5.73. The number of carbonyl (C=O) groups excluding carboxylic acids is 1. The van der Waals surface area contributed by atoms with Crippen LogP contribution in [0.1, 0.15) is 44.7 Å². The lowest BCUT2D eigenvalue weighted by Crippen LogP contribution is -2.52. The van der Waals surface area contributed by atoms with Gasteiger partial charge in [0.2, 0.25) is 5.91 Å². The molecule has 1 aromatic heterocycles. The van der Waals surface area contributed by atoms with Crippen molar-refractivity contribution in [2.24, 2.45) is 5.92 Å². The highest BCUT2D eigenvalue weighted by atomic mass is 19.4. The molecule has 2 aliphatic heterocycles. The Morgan fingerprint density at radius 1 is 1.27 bits per heavy atom. The van der Waals surface area contributed by atoms with Crippen molar-refractivity contribution in [3.63, 3.8) is 0 Å². The SMILES string of the molecule is CC(=O)N1CCCCC(O)(CN2CCC(Cn3cnc(C(F)(F)F)cc3=O)CC2)C1. The van der Waals surface area contributed by atoms with Gasteiger partial charge >= 0.3 is 6.18 Å². The summed E-state index contributed by atoms with van der Waals surface area (Å²) in [5, 5.41) is 11.1. The van der Waals surface area contributed by atoms with Crippen molar-refractivity contribution >= 4 is 5.91 Å². The molecule has 0 aromatic carbocycles. The third kappa shape index (κ3) is 5.81. The third-order valence-electron chi connectivity index (χ3n) is 6.10. The van der Waals surface area contributed by atoms with Crippen LogP contribution in [0.25, 0.3) is 0 Å². The zero-order valence-electron chi connectivity index (χ0n) is 17.2. The van der Waals surface area contributed by atoms with Gasteiger partial charge in [-0.15, -0.1) is 0 Å². The lowest BCUT2D eigenvalue weighted by atomic mass is 9.92. The van der Waals surface area contributed by atoms with Crippen LogP contribution in [0, 0.1) is 5.92 Å². The van der Waals surface area contributed by atoms with E-state index in [1.165, 1.54) is 11.5 Å². The molecule has 30 heavy (non-hydrogen) atoms. The normalized spacial score (nSPS) is 24.6. The molecule has 7 nitrogen and oxygen atoms in total. The van der Waals surface area contributed by atoms with Gasteiger partial charge in [0.15, 0.2) is 5.69 Å². The second-order valence-electron chi connectivity index (χ2n) is 8.60. The molecule has 3 rings (SSSR count). The number of piperidine rings is 1. The molecule has 0 spiro atoms. The molecular weight excluding hydrogens is 401 g/mol. The van der Waals surface area contributed by atoms with Gasteiger partial charge in [0.25, 0.3) is 5.56 Å². The Kier molecular flexibility index (Phi) is 6.86. The van der Waals surface area contributed by atoms with Gasteiger partial charge in [-0.1, -0.05) is 0 Å². The first kappa shape index (κ1) is 22.7. The topological polar surface area (TPSA) is 78.7 Å². The molecule has 0 radical (unpaired) electrons. The number of hydrogen-bond donors (Lipinski definition) is 1. The first-order chi connectivity index (χ1) is 14.1. The summed E-state index contributed by atoms with van der Waals surface area (Å²) in [6, 6.07) is 0.539. The monoisotopic (exact) mass is 430 g/mol. The Morgan fingerprint density at radius 3 is 2.57 bits per heavy atom. The minimum Gasteiger partial charge on any atom is -0.387 e. The summed E-state index contributed by atoms with van der Waals surface area (Å²) in [4.78, 5) is 31.0. The fourth-order valence-electron chi connectivity index (χ4n) is 4.41. The Balaban J connectivity index is 1.54. The maximum Gasteiger partial charge on any atom is 0.433 e. The molecule has 0 bridgehead atoms. The van der Waals surface area contributed by atoms with Crippen molar-refractivity contribution in [1.29, 1.82) is 0 Å². The smallest absolute Gasteiger partial charge is 0.387 e. The molecule has 0 aliphatic carbocycles. The Labute approximate surface area is 173 Å². The summed E-state index contributed by atoms with van der Waals surface area (Å²) in [5.41, 5.74) is -2.80. The molecule has 1 N–H and O–H groups in total. The molecule has 2 saturated heterocycles. The van der Waals surface area contributed by atoms with Crippen LogP contribution >= 0.6 is 0 Å². The molecule has 1 atom stereocenters. The van der Waals surface area contributed by atoms with Gasteiger partial charge in [-0.05, 0) is 51.1 Å². The van der Waals surface area contributed by atoms with E-state index in [1.807, 2.05) is 0 Å². The second-order valence-corrected chi connectivity index (χ2v) is 8.60. The summed E-state index contributed by atoms with van der Waals surface area (Å²) >= 11 is 0. The predicted molar refractivity (Wildman–Crippen MR) is 104 cm³/mol. The molecule has 1 aromatic rings. The lowest BCUT2D eigenvalue weighted by Gasteiger charge is -2.39. The number of amides is 1. The summed E-state index contributed by atoms with van der Waals surface area (Å²) in [6.45, 7) is 4.83. The number of halogens is 3. The van der Waals surface area contributed by atoms with Crippen LogP contribution in [0.3, 0.4) is 0 Å². The fourth-order valence-corrected chi connectivity index (χ4v) is 4.41. The van der Waals surface area contributed by atoms with E-state index >= 15 is 0 Å². The molecule has 0 saturated carbocycles. The molecule has 2 fully saturated rings. The Bertz CT molecular complexity index is 805. The first-order valence-electron chi connectivity index (χ1n) is 10.4. The fraction of sp³-hybridized carbons (Fsp3) is 0.750. The Morgan fingerprint density at radius 2 is 1.97 bits per heavy atom. The van der Waals surface area contributed by atoms with Crippen LogP contribution in [0.5, 0.6) is 0 Å². The number of hydrogen-bond acceptors (Lipinski definition) is 5. The van der Waals surface area contributed by atoms with Crippen molar-refractivity contribution in [1.82, 2.24) is 19.4 Å². The van der Waals surface area contributed by atoms with Crippen LogP contribution in [-0.4, -0.2) is 68.7 Å². The van der Waals surface area contributed by atoms with E-state index in [-0.39, 0.29) is 11.8 Å².